The standard InChI is InChI=1S/C40H49N3O3S/c1-7-30(3)36(37(44)42-34-25-17-18-29(2)26-34)41-27-35(43-38(45)46-39(4,5)6)28-47-40(31-19-11-8-12-20-31,32-21-13-9-14-22-32)33-23-15-10-16-24-33/h8-26,30,35-36,41H,7,27-28H2,1-6H3,(H,42,44)(H,43,45)/t30-,35+,36-/m0/s1. The van der Waals surface area contributed by atoms with E-state index >= 15 is 0 Å². The molecule has 0 aliphatic heterocycles. The van der Waals surface area contributed by atoms with Crippen LogP contribution in [0.2, 0.25) is 0 Å². The maximum atomic E-state index is 13.6. The van der Waals surface area contributed by atoms with Crippen molar-refractivity contribution >= 4 is 29.4 Å². The smallest absolute Gasteiger partial charge is 0.407 e. The lowest BCUT2D eigenvalue weighted by molar-refractivity contribution is -0.119. The SMILES string of the molecule is CC[C@H](C)[C@H](NC[C@H](CSC(c1ccccc1)(c1ccccc1)c1ccccc1)NC(=O)OC(C)(C)C)C(=O)Nc1cccc(C)c1. The number of amides is 2. The number of ether oxygens (including phenoxy) is 1. The van der Waals surface area contributed by atoms with E-state index in [2.05, 4.69) is 103 Å². The normalized spacial score (nSPS) is 13.7. The van der Waals surface area contributed by atoms with Gasteiger partial charge in [-0.2, -0.15) is 0 Å². The summed E-state index contributed by atoms with van der Waals surface area (Å²) < 4.78 is 5.14. The van der Waals surface area contributed by atoms with Gasteiger partial charge in [0.25, 0.3) is 0 Å². The monoisotopic (exact) mass is 651 g/mol. The molecular formula is C40H49N3O3S. The molecule has 0 aliphatic carbocycles. The number of aryl methyl sites for hydroxylation is 1. The van der Waals surface area contributed by atoms with Gasteiger partial charge in [-0.25, -0.2) is 4.79 Å². The Bertz CT molecular complexity index is 1460. The van der Waals surface area contributed by atoms with Crippen LogP contribution in [-0.4, -0.2) is 42.0 Å². The molecule has 0 saturated heterocycles. The van der Waals surface area contributed by atoms with E-state index in [-0.39, 0.29) is 17.9 Å². The van der Waals surface area contributed by atoms with Gasteiger partial charge in [0.15, 0.2) is 0 Å². The fraction of sp³-hybridized carbons (Fsp3) is 0.350. The summed E-state index contributed by atoms with van der Waals surface area (Å²) in [7, 11) is 0. The van der Waals surface area contributed by atoms with Gasteiger partial charge in [-0.15, -0.1) is 11.8 Å². The van der Waals surface area contributed by atoms with E-state index in [1.165, 1.54) is 0 Å². The Labute approximate surface area is 285 Å². The molecule has 0 heterocycles. The van der Waals surface area contributed by atoms with Gasteiger partial charge in [-0.1, -0.05) is 123 Å². The van der Waals surface area contributed by atoms with E-state index in [4.69, 9.17) is 4.74 Å². The number of thioether (sulfide) groups is 1. The fourth-order valence-corrected chi connectivity index (χ4v) is 7.18. The highest BCUT2D eigenvalue weighted by Crippen LogP contribution is 2.48. The van der Waals surface area contributed by atoms with Crippen molar-refractivity contribution in [2.45, 2.75) is 70.4 Å². The third-order valence-electron chi connectivity index (χ3n) is 8.13. The molecule has 6 nitrogen and oxygen atoms in total. The Morgan fingerprint density at radius 2 is 1.32 bits per heavy atom. The van der Waals surface area contributed by atoms with E-state index in [0.717, 1.165) is 34.4 Å². The van der Waals surface area contributed by atoms with Crippen LogP contribution in [0, 0.1) is 12.8 Å². The van der Waals surface area contributed by atoms with Crippen LogP contribution >= 0.6 is 11.8 Å². The molecule has 4 rings (SSSR count). The van der Waals surface area contributed by atoms with Gasteiger partial charge in [0.05, 0.1) is 16.8 Å². The zero-order valence-corrected chi connectivity index (χ0v) is 29.3. The summed E-state index contributed by atoms with van der Waals surface area (Å²) in [5, 5.41) is 9.76. The van der Waals surface area contributed by atoms with Crippen LogP contribution in [0.25, 0.3) is 0 Å². The molecule has 0 bridgehead atoms. The van der Waals surface area contributed by atoms with Gasteiger partial charge in [0.1, 0.15) is 5.60 Å². The average molecular weight is 652 g/mol. The first-order valence-corrected chi connectivity index (χ1v) is 17.4. The zero-order chi connectivity index (χ0) is 33.9. The first kappa shape index (κ1) is 35.8. The first-order valence-electron chi connectivity index (χ1n) is 16.4. The second-order valence-corrected chi connectivity index (χ2v) is 14.3. The summed E-state index contributed by atoms with van der Waals surface area (Å²) in [6.45, 7) is 12.1. The predicted octanol–water partition coefficient (Wildman–Crippen LogP) is 8.56. The molecule has 0 fully saturated rings. The van der Waals surface area contributed by atoms with Gasteiger partial charge < -0.3 is 20.7 Å². The second kappa shape index (κ2) is 16.7. The highest BCUT2D eigenvalue weighted by molar-refractivity contribution is 8.00. The highest BCUT2D eigenvalue weighted by atomic mass is 32.2. The number of hydrogen-bond acceptors (Lipinski definition) is 5. The first-order chi connectivity index (χ1) is 22.5. The molecule has 3 N–H and O–H groups in total. The van der Waals surface area contributed by atoms with Crippen molar-refractivity contribution in [3.8, 4) is 0 Å². The molecule has 47 heavy (non-hydrogen) atoms. The average Bonchev–Trinajstić information content (AvgIpc) is 3.05. The number of hydrogen-bond donors (Lipinski definition) is 3. The van der Waals surface area contributed by atoms with E-state index in [1.807, 2.05) is 70.2 Å². The largest absolute Gasteiger partial charge is 0.444 e. The van der Waals surface area contributed by atoms with Crippen LogP contribution in [-0.2, 0) is 14.3 Å². The molecule has 0 spiro atoms. The van der Waals surface area contributed by atoms with Crippen molar-refractivity contribution in [1.82, 2.24) is 10.6 Å². The van der Waals surface area contributed by atoms with Crippen molar-refractivity contribution in [3.63, 3.8) is 0 Å². The van der Waals surface area contributed by atoms with Crippen molar-refractivity contribution < 1.29 is 14.3 Å². The van der Waals surface area contributed by atoms with E-state index < -0.39 is 22.5 Å². The minimum Gasteiger partial charge on any atom is -0.444 e. The van der Waals surface area contributed by atoms with Gasteiger partial charge >= 0.3 is 6.09 Å². The molecule has 0 saturated carbocycles. The summed E-state index contributed by atoms with van der Waals surface area (Å²) >= 11 is 1.76. The summed E-state index contributed by atoms with van der Waals surface area (Å²) in [5.74, 6) is 0.505. The van der Waals surface area contributed by atoms with E-state index in [1.54, 1.807) is 11.8 Å². The third-order valence-corrected chi connectivity index (χ3v) is 9.84. The Kier molecular flexibility index (Phi) is 12.7. The molecule has 7 heteroatoms. The zero-order valence-electron chi connectivity index (χ0n) is 28.5. The topological polar surface area (TPSA) is 79.5 Å². The third kappa shape index (κ3) is 9.96. The molecule has 248 valence electrons. The van der Waals surface area contributed by atoms with Crippen molar-refractivity contribution in [3.05, 3.63) is 138 Å². The van der Waals surface area contributed by atoms with Crippen LogP contribution < -0.4 is 16.0 Å². The molecule has 2 amide bonds. The molecule has 0 aliphatic rings. The summed E-state index contributed by atoms with van der Waals surface area (Å²) in [6, 6.07) is 38.5. The summed E-state index contributed by atoms with van der Waals surface area (Å²) in [4.78, 5) is 26.8. The van der Waals surface area contributed by atoms with Gasteiger partial charge in [0, 0.05) is 18.0 Å². The van der Waals surface area contributed by atoms with Crippen molar-refractivity contribution in [2.24, 2.45) is 5.92 Å². The second-order valence-electron chi connectivity index (χ2n) is 13.1. The Morgan fingerprint density at radius 3 is 1.79 bits per heavy atom. The van der Waals surface area contributed by atoms with Crippen LogP contribution in [0.15, 0.2) is 115 Å². The predicted molar refractivity (Wildman–Crippen MR) is 196 cm³/mol. The number of carbonyl (C=O) groups is 2. The highest BCUT2D eigenvalue weighted by Gasteiger charge is 2.38. The van der Waals surface area contributed by atoms with Crippen molar-refractivity contribution in [1.29, 1.82) is 0 Å². The number of benzene rings is 4. The molecule has 3 atom stereocenters. The molecule has 4 aromatic carbocycles. The molecular weight excluding hydrogens is 603 g/mol. The van der Waals surface area contributed by atoms with Crippen LogP contribution in [0.5, 0.6) is 0 Å². The quantitative estimate of drug-likeness (QED) is 0.119. The van der Waals surface area contributed by atoms with E-state index in [9.17, 15) is 9.59 Å². The lowest BCUT2D eigenvalue weighted by Gasteiger charge is -2.37. The van der Waals surface area contributed by atoms with Gasteiger partial charge in [-0.3, -0.25) is 4.79 Å². The molecule has 4 aromatic rings. The lowest BCUT2D eigenvalue weighted by atomic mass is 9.84. The number of carbonyl (C=O) groups excluding carboxylic acids is 2. The number of anilines is 1. The fourth-order valence-electron chi connectivity index (χ4n) is 5.62. The molecule has 0 aromatic heterocycles. The molecule has 0 radical (unpaired) electrons. The Hall–Kier alpha value is -4.07. The maximum absolute atomic E-state index is 13.6. The number of alkyl carbamates (subject to hydrolysis) is 1. The van der Waals surface area contributed by atoms with Crippen LogP contribution in [0.3, 0.4) is 0 Å². The maximum Gasteiger partial charge on any atom is 0.407 e. The van der Waals surface area contributed by atoms with Gasteiger partial charge in [0.2, 0.25) is 5.91 Å². The van der Waals surface area contributed by atoms with Gasteiger partial charge in [-0.05, 0) is 68.0 Å². The van der Waals surface area contributed by atoms with Crippen LogP contribution in [0.4, 0.5) is 10.5 Å². The summed E-state index contributed by atoms with van der Waals surface area (Å²) in [6.07, 6.45) is 0.329. The number of rotatable bonds is 14. The van der Waals surface area contributed by atoms with Crippen LogP contribution in [0.1, 0.15) is 63.3 Å². The van der Waals surface area contributed by atoms with E-state index in [0.29, 0.717) is 12.3 Å². The minimum atomic E-state index is -0.649. The minimum absolute atomic E-state index is 0.0617. The lowest BCUT2D eigenvalue weighted by Crippen LogP contribution is -2.52. The Morgan fingerprint density at radius 1 is 0.787 bits per heavy atom. The van der Waals surface area contributed by atoms with Crippen molar-refractivity contribution in [2.75, 3.05) is 17.6 Å². The number of nitrogens with one attached hydrogen (secondary N) is 3. The summed E-state index contributed by atoms with van der Waals surface area (Å²) in [5.41, 5.74) is 4.61. The molecule has 0 unspecified atom stereocenters. The Balaban J connectivity index is 1.67.